The number of alkyl halides is 3. The predicted octanol–water partition coefficient (Wildman–Crippen LogP) is 8.40. The summed E-state index contributed by atoms with van der Waals surface area (Å²) in [5.41, 5.74) is 2.00. The van der Waals surface area contributed by atoms with Crippen LogP contribution in [0.15, 0.2) is 70.0 Å². The van der Waals surface area contributed by atoms with E-state index in [2.05, 4.69) is 24.4 Å². The van der Waals surface area contributed by atoms with Crippen molar-refractivity contribution in [2.24, 2.45) is 0 Å². The standard InChI is InChI=1S/C31H32ClF3N2O2S/c1-5-24-25-14-10-21(30(38)36-27(18-37(3)4)19-8-12-23(13-9-19)40-6-2)16-29(25)39-28(24)15-20-7-11-22(32)17-26(20)31(33,34)35/h7-14,16-17,27H,5-6,15,18H2,1-4H3,(H,36,38). The Morgan fingerprint density at radius 1 is 1.05 bits per heavy atom. The maximum Gasteiger partial charge on any atom is 0.416 e. The Bertz CT molecular complexity index is 1480. The first kappa shape index (κ1) is 30.0. The molecule has 0 spiro atoms. The van der Waals surface area contributed by atoms with Gasteiger partial charge in [0, 0.05) is 39.4 Å². The van der Waals surface area contributed by atoms with Gasteiger partial charge in [-0.3, -0.25) is 4.79 Å². The highest BCUT2D eigenvalue weighted by Crippen LogP contribution is 2.37. The minimum atomic E-state index is -4.54. The van der Waals surface area contributed by atoms with Gasteiger partial charge >= 0.3 is 6.18 Å². The summed E-state index contributed by atoms with van der Waals surface area (Å²) < 4.78 is 47.1. The Morgan fingerprint density at radius 2 is 1.77 bits per heavy atom. The lowest BCUT2D eigenvalue weighted by molar-refractivity contribution is -0.138. The number of nitrogens with one attached hydrogen (secondary N) is 1. The summed E-state index contributed by atoms with van der Waals surface area (Å²) in [6, 6.07) is 16.9. The molecule has 0 bridgehead atoms. The predicted molar refractivity (Wildman–Crippen MR) is 156 cm³/mol. The molecule has 212 valence electrons. The molecule has 4 nitrogen and oxygen atoms in total. The van der Waals surface area contributed by atoms with Gasteiger partial charge in [-0.05, 0) is 73.8 Å². The molecule has 0 aliphatic heterocycles. The number of amides is 1. The molecule has 4 rings (SSSR count). The second-order valence-corrected chi connectivity index (χ2v) is 11.6. The van der Waals surface area contributed by atoms with Crippen molar-refractivity contribution in [1.82, 2.24) is 10.2 Å². The molecular weight excluding hydrogens is 557 g/mol. The zero-order valence-corrected chi connectivity index (χ0v) is 24.4. The molecule has 0 radical (unpaired) electrons. The second kappa shape index (κ2) is 12.7. The van der Waals surface area contributed by atoms with Gasteiger partial charge in [0.25, 0.3) is 5.91 Å². The number of likely N-dealkylation sites (N-methyl/N-ethyl adjacent to an activating group) is 1. The van der Waals surface area contributed by atoms with Crippen LogP contribution in [0, 0.1) is 0 Å². The van der Waals surface area contributed by atoms with Crippen LogP contribution in [-0.4, -0.2) is 37.2 Å². The minimum Gasteiger partial charge on any atom is -0.460 e. The number of nitrogens with zero attached hydrogens (tertiary/aromatic N) is 1. The number of furan rings is 1. The van der Waals surface area contributed by atoms with E-state index in [1.165, 1.54) is 17.0 Å². The van der Waals surface area contributed by atoms with E-state index in [9.17, 15) is 18.0 Å². The van der Waals surface area contributed by atoms with E-state index >= 15 is 0 Å². The number of rotatable bonds is 10. The van der Waals surface area contributed by atoms with Crippen LogP contribution >= 0.6 is 23.4 Å². The lowest BCUT2D eigenvalue weighted by Crippen LogP contribution is -2.35. The van der Waals surface area contributed by atoms with Crippen molar-refractivity contribution in [3.8, 4) is 0 Å². The van der Waals surface area contributed by atoms with Gasteiger partial charge in [0.1, 0.15) is 11.3 Å². The third-order valence-electron chi connectivity index (χ3n) is 6.67. The molecule has 0 aliphatic rings. The lowest BCUT2D eigenvalue weighted by atomic mass is 9.99. The fourth-order valence-corrected chi connectivity index (χ4v) is 5.65. The Kier molecular flexibility index (Phi) is 9.54. The molecule has 1 aromatic heterocycles. The summed E-state index contributed by atoms with van der Waals surface area (Å²) in [7, 11) is 3.90. The normalized spacial score (nSPS) is 12.7. The number of fused-ring (bicyclic) bond motifs is 1. The second-order valence-electron chi connectivity index (χ2n) is 9.83. The number of hydrogen-bond acceptors (Lipinski definition) is 4. The molecule has 0 fully saturated rings. The quantitative estimate of drug-likeness (QED) is 0.189. The van der Waals surface area contributed by atoms with Gasteiger partial charge < -0.3 is 14.6 Å². The van der Waals surface area contributed by atoms with Crippen molar-refractivity contribution in [3.63, 3.8) is 0 Å². The highest BCUT2D eigenvalue weighted by atomic mass is 35.5. The van der Waals surface area contributed by atoms with Crippen LogP contribution in [0.25, 0.3) is 11.0 Å². The first-order chi connectivity index (χ1) is 19.0. The smallest absolute Gasteiger partial charge is 0.416 e. The van der Waals surface area contributed by atoms with E-state index in [1.807, 2.05) is 38.1 Å². The minimum absolute atomic E-state index is 0.0235. The van der Waals surface area contributed by atoms with Gasteiger partial charge in [0.05, 0.1) is 11.6 Å². The van der Waals surface area contributed by atoms with Crippen molar-refractivity contribution in [2.75, 3.05) is 26.4 Å². The van der Waals surface area contributed by atoms with Crippen molar-refractivity contribution < 1.29 is 22.4 Å². The molecule has 3 aromatic carbocycles. The number of carbonyl (C=O) groups excluding carboxylic acids is 1. The van der Waals surface area contributed by atoms with Crippen molar-refractivity contribution in [2.45, 2.75) is 43.8 Å². The van der Waals surface area contributed by atoms with Crippen LogP contribution in [0.5, 0.6) is 0 Å². The molecule has 0 aliphatic carbocycles. The van der Waals surface area contributed by atoms with Gasteiger partial charge in [-0.1, -0.05) is 49.7 Å². The van der Waals surface area contributed by atoms with Gasteiger partial charge in [-0.2, -0.15) is 13.2 Å². The van der Waals surface area contributed by atoms with Gasteiger partial charge in [0.2, 0.25) is 0 Å². The average molecular weight is 589 g/mol. The third kappa shape index (κ3) is 7.03. The van der Waals surface area contributed by atoms with E-state index in [1.54, 1.807) is 30.0 Å². The highest BCUT2D eigenvalue weighted by molar-refractivity contribution is 7.99. The van der Waals surface area contributed by atoms with Crippen molar-refractivity contribution in [1.29, 1.82) is 0 Å². The van der Waals surface area contributed by atoms with Gasteiger partial charge in [-0.25, -0.2) is 0 Å². The van der Waals surface area contributed by atoms with E-state index in [0.29, 0.717) is 29.9 Å². The number of thioether (sulfide) groups is 1. The number of benzene rings is 3. The Balaban J connectivity index is 1.62. The number of carbonyl (C=O) groups is 1. The third-order valence-corrected chi connectivity index (χ3v) is 7.80. The zero-order chi connectivity index (χ0) is 29.0. The van der Waals surface area contributed by atoms with E-state index in [0.717, 1.165) is 28.3 Å². The summed E-state index contributed by atoms with van der Waals surface area (Å²) in [6.07, 6.45) is -4.01. The monoisotopic (exact) mass is 588 g/mol. The molecule has 1 unspecified atom stereocenters. The van der Waals surface area contributed by atoms with Crippen LogP contribution in [0.3, 0.4) is 0 Å². The topological polar surface area (TPSA) is 45.5 Å². The maximum absolute atomic E-state index is 13.7. The Hall–Kier alpha value is -2.94. The lowest BCUT2D eigenvalue weighted by Gasteiger charge is -2.23. The molecular formula is C31H32ClF3N2O2S. The van der Waals surface area contributed by atoms with Crippen LogP contribution < -0.4 is 5.32 Å². The maximum atomic E-state index is 13.7. The molecule has 1 atom stereocenters. The van der Waals surface area contributed by atoms with E-state index < -0.39 is 11.7 Å². The SMILES string of the molecule is CCSc1ccc(C(CN(C)C)NC(=O)c2ccc3c(CC)c(Cc4ccc(Cl)cc4C(F)(F)F)oc3c2)cc1. The Morgan fingerprint density at radius 3 is 2.40 bits per heavy atom. The number of halogens is 4. The highest BCUT2D eigenvalue weighted by Gasteiger charge is 2.34. The van der Waals surface area contributed by atoms with Crippen LogP contribution in [0.1, 0.15) is 58.3 Å². The molecule has 9 heteroatoms. The van der Waals surface area contributed by atoms with Crippen molar-refractivity contribution in [3.05, 3.63) is 99.3 Å². The Labute approximate surface area is 241 Å². The molecule has 40 heavy (non-hydrogen) atoms. The zero-order valence-electron chi connectivity index (χ0n) is 22.9. The van der Waals surface area contributed by atoms with Crippen LogP contribution in [0.4, 0.5) is 13.2 Å². The summed E-state index contributed by atoms with van der Waals surface area (Å²) in [6.45, 7) is 4.65. The van der Waals surface area contributed by atoms with Crippen LogP contribution in [0.2, 0.25) is 5.02 Å². The summed E-state index contributed by atoms with van der Waals surface area (Å²) in [5.74, 6) is 1.17. The van der Waals surface area contributed by atoms with Crippen molar-refractivity contribution >= 4 is 40.2 Å². The fourth-order valence-electron chi connectivity index (χ4n) is 4.82. The number of hydrogen-bond donors (Lipinski definition) is 1. The van der Waals surface area contributed by atoms with Gasteiger partial charge in [-0.15, -0.1) is 11.8 Å². The fraction of sp³-hybridized carbons (Fsp3) is 0.323. The first-order valence-electron chi connectivity index (χ1n) is 13.1. The first-order valence-corrected chi connectivity index (χ1v) is 14.4. The van der Waals surface area contributed by atoms with E-state index in [-0.39, 0.29) is 29.0 Å². The average Bonchev–Trinajstić information content (AvgIpc) is 3.25. The summed E-state index contributed by atoms with van der Waals surface area (Å²) >= 11 is 7.61. The number of aryl methyl sites for hydroxylation is 1. The summed E-state index contributed by atoms with van der Waals surface area (Å²) in [5, 5.41) is 3.94. The van der Waals surface area contributed by atoms with Gasteiger partial charge in [0.15, 0.2) is 0 Å². The summed E-state index contributed by atoms with van der Waals surface area (Å²) in [4.78, 5) is 16.5. The van der Waals surface area contributed by atoms with E-state index in [4.69, 9.17) is 16.0 Å². The molecule has 1 amide bonds. The molecule has 1 heterocycles. The molecule has 0 saturated heterocycles. The molecule has 0 saturated carbocycles. The van der Waals surface area contributed by atoms with Crippen LogP contribution in [-0.2, 0) is 19.0 Å². The largest absolute Gasteiger partial charge is 0.460 e. The molecule has 4 aromatic rings. The molecule has 1 N–H and O–H groups in total.